The van der Waals surface area contributed by atoms with Gasteiger partial charge in [0.2, 0.25) is 0 Å². The van der Waals surface area contributed by atoms with Gasteiger partial charge in [-0.15, -0.1) is 11.8 Å². The molecule has 0 spiro atoms. The summed E-state index contributed by atoms with van der Waals surface area (Å²) in [7, 11) is 0. The molecule has 0 aliphatic heterocycles. The average Bonchev–Trinajstić information content (AvgIpc) is 2.77. The number of benzene rings is 3. The third-order valence-electron chi connectivity index (χ3n) is 5.95. The van der Waals surface area contributed by atoms with Crippen LogP contribution in [0, 0.1) is 20.8 Å². The molecule has 0 amide bonds. The van der Waals surface area contributed by atoms with E-state index in [2.05, 4.69) is 57.2 Å². The highest BCUT2D eigenvalue weighted by Crippen LogP contribution is 2.31. The van der Waals surface area contributed by atoms with E-state index < -0.39 is 0 Å². The van der Waals surface area contributed by atoms with Crippen molar-refractivity contribution in [3.8, 4) is 0 Å². The Balaban J connectivity index is 1.60. The van der Waals surface area contributed by atoms with Crippen LogP contribution in [0.1, 0.15) is 63.4 Å². The van der Waals surface area contributed by atoms with Crippen LogP contribution in [-0.2, 0) is 6.42 Å². The lowest BCUT2D eigenvalue weighted by atomic mass is 9.87. The second-order valence-electron chi connectivity index (χ2n) is 8.36. The molecular formula is C28H31ClOS. The van der Waals surface area contributed by atoms with E-state index in [-0.39, 0.29) is 0 Å². The Hall–Kier alpha value is -2.03. The predicted octanol–water partition coefficient (Wildman–Crippen LogP) is 8.37. The fraction of sp³-hybridized carbons (Fsp3) is 0.321. The first-order valence-corrected chi connectivity index (χ1v) is 12.3. The molecule has 0 aliphatic carbocycles. The minimum absolute atomic E-state index is 0.470. The smallest absolute Gasteiger partial charge is 0.150 e. The maximum absolute atomic E-state index is 10.8. The largest absolute Gasteiger partial charge is 0.298 e. The van der Waals surface area contributed by atoms with Gasteiger partial charge in [0, 0.05) is 15.5 Å². The van der Waals surface area contributed by atoms with Gasteiger partial charge in [-0.05, 0) is 97.7 Å². The van der Waals surface area contributed by atoms with Gasteiger partial charge >= 0.3 is 0 Å². The highest BCUT2D eigenvalue weighted by molar-refractivity contribution is 7.99. The maximum atomic E-state index is 10.8. The van der Waals surface area contributed by atoms with Gasteiger partial charge < -0.3 is 0 Å². The molecule has 3 aromatic carbocycles. The summed E-state index contributed by atoms with van der Waals surface area (Å²) in [5.74, 6) is 1.56. The molecule has 3 aromatic rings. The van der Waals surface area contributed by atoms with Crippen LogP contribution in [0.25, 0.3) is 0 Å². The number of rotatable bonds is 10. The van der Waals surface area contributed by atoms with Crippen LogP contribution in [0.3, 0.4) is 0 Å². The molecule has 1 unspecified atom stereocenters. The molecule has 0 saturated heterocycles. The zero-order chi connectivity index (χ0) is 22.2. The summed E-state index contributed by atoms with van der Waals surface area (Å²) in [6, 6.07) is 21.2. The molecule has 3 heteroatoms. The minimum atomic E-state index is 0.470. The van der Waals surface area contributed by atoms with Crippen molar-refractivity contribution in [2.24, 2.45) is 0 Å². The molecule has 0 aliphatic rings. The molecule has 0 heterocycles. The summed E-state index contributed by atoms with van der Waals surface area (Å²) >= 11 is 8.32. The average molecular weight is 451 g/mol. The molecule has 1 nitrogen and oxygen atoms in total. The van der Waals surface area contributed by atoms with Gasteiger partial charge in [-0.25, -0.2) is 0 Å². The number of aryl methyl sites for hydroxylation is 3. The Kier molecular flexibility index (Phi) is 8.80. The Bertz CT molecular complexity index is 1010. The Morgan fingerprint density at radius 3 is 2.29 bits per heavy atom. The fourth-order valence-corrected chi connectivity index (χ4v) is 4.89. The highest BCUT2D eigenvalue weighted by Gasteiger charge is 2.14. The van der Waals surface area contributed by atoms with Crippen molar-refractivity contribution >= 4 is 29.6 Å². The van der Waals surface area contributed by atoms with Crippen molar-refractivity contribution in [1.82, 2.24) is 0 Å². The van der Waals surface area contributed by atoms with Crippen molar-refractivity contribution in [2.45, 2.75) is 57.3 Å². The molecule has 0 bridgehead atoms. The maximum Gasteiger partial charge on any atom is 0.150 e. The van der Waals surface area contributed by atoms with Gasteiger partial charge in [-0.3, -0.25) is 4.79 Å². The minimum Gasteiger partial charge on any atom is -0.298 e. The molecule has 0 aromatic heterocycles. The van der Waals surface area contributed by atoms with E-state index in [4.69, 9.17) is 11.6 Å². The number of carbonyl (C=O) groups is 1. The van der Waals surface area contributed by atoms with E-state index in [1.807, 2.05) is 36.0 Å². The van der Waals surface area contributed by atoms with Crippen LogP contribution in [0.2, 0.25) is 5.02 Å². The molecule has 0 saturated carbocycles. The SMILES string of the molecule is Cc1ccc(CC(CCCCSc2ccc(C=O)cc2)c2ccc(C)c(Cl)c2)cc1C. The van der Waals surface area contributed by atoms with Gasteiger partial charge in [-0.1, -0.05) is 60.5 Å². The molecule has 31 heavy (non-hydrogen) atoms. The van der Waals surface area contributed by atoms with Crippen LogP contribution < -0.4 is 0 Å². The van der Waals surface area contributed by atoms with Crippen LogP contribution in [0.15, 0.2) is 65.6 Å². The zero-order valence-electron chi connectivity index (χ0n) is 18.7. The van der Waals surface area contributed by atoms with Crippen LogP contribution in [-0.4, -0.2) is 12.0 Å². The van der Waals surface area contributed by atoms with Gasteiger partial charge in [0.15, 0.2) is 0 Å². The monoisotopic (exact) mass is 450 g/mol. The summed E-state index contributed by atoms with van der Waals surface area (Å²) < 4.78 is 0. The summed E-state index contributed by atoms with van der Waals surface area (Å²) in [5.41, 5.74) is 7.30. The van der Waals surface area contributed by atoms with E-state index in [1.54, 1.807) is 0 Å². The van der Waals surface area contributed by atoms with Crippen molar-refractivity contribution in [3.63, 3.8) is 0 Å². The van der Waals surface area contributed by atoms with Crippen molar-refractivity contribution in [3.05, 3.63) is 99.1 Å². The van der Waals surface area contributed by atoms with Crippen LogP contribution in [0.5, 0.6) is 0 Å². The quantitative estimate of drug-likeness (QED) is 0.175. The van der Waals surface area contributed by atoms with E-state index >= 15 is 0 Å². The van der Waals surface area contributed by atoms with Gasteiger partial charge in [0.25, 0.3) is 0 Å². The summed E-state index contributed by atoms with van der Waals surface area (Å²) in [6.45, 7) is 6.42. The lowest BCUT2D eigenvalue weighted by Gasteiger charge is -2.19. The second-order valence-corrected chi connectivity index (χ2v) is 9.93. The number of unbranched alkanes of at least 4 members (excludes halogenated alkanes) is 1. The molecule has 0 fully saturated rings. The highest BCUT2D eigenvalue weighted by atomic mass is 35.5. The van der Waals surface area contributed by atoms with Gasteiger partial charge in [0.05, 0.1) is 0 Å². The molecule has 0 N–H and O–H groups in total. The summed E-state index contributed by atoms with van der Waals surface area (Å²) in [6.07, 6.45) is 5.43. The standard InChI is InChI=1S/C28H31ClOS/c1-20-7-9-24(16-22(20)3)17-25(26-12-8-21(2)28(29)18-26)6-4-5-15-31-27-13-10-23(19-30)11-14-27/h7-14,16,18-19,25H,4-6,15,17H2,1-3H3. The van der Waals surface area contributed by atoms with Crippen molar-refractivity contribution in [2.75, 3.05) is 5.75 Å². The molecule has 162 valence electrons. The van der Waals surface area contributed by atoms with Crippen LogP contribution >= 0.6 is 23.4 Å². The molecule has 1 atom stereocenters. The number of thioether (sulfide) groups is 1. The zero-order valence-corrected chi connectivity index (χ0v) is 20.2. The molecule has 3 rings (SSSR count). The lowest BCUT2D eigenvalue weighted by molar-refractivity contribution is 0.112. The predicted molar refractivity (Wildman–Crippen MR) is 135 cm³/mol. The van der Waals surface area contributed by atoms with Gasteiger partial charge in [-0.2, -0.15) is 0 Å². The normalized spacial score (nSPS) is 12.0. The first kappa shape index (κ1) is 23.6. The third-order valence-corrected chi connectivity index (χ3v) is 7.46. The topological polar surface area (TPSA) is 17.1 Å². The van der Waals surface area contributed by atoms with E-state index in [0.717, 1.165) is 41.0 Å². The Morgan fingerprint density at radius 2 is 1.61 bits per heavy atom. The van der Waals surface area contributed by atoms with E-state index in [1.165, 1.54) is 40.0 Å². The Morgan fingerprint density at radius 1 is 0.871 bits per heavy atom. The summed E-state index contributed by atoms with van der Waals surface area (Å²) in [5, 5.41) is 0.858. The number of aldehydes is 1. The molecule has 0 radical (unpaired) electrons. The number of hydrogen-bond acceptors (Lipinski definition) is 2. The Labute approximate surface area is 196 Å². The van der Waals surface area contributed by atoms with E-state index in [9.17, 15) is 4.79 Å². The van der Waals surface area contributed by atoms with E-state index in [0.29, 0.717) is 5.92 Å². The van der Waals surface area contributed by atoms with Crippen molar-refractivity contribution in [1.29, 1.82) is 0 Å². The first-order chi connectivity index (χ1) is 15.0. The number of hydrogen-bond donors (Lipinski definition) is 0. The molecular weight excluding hydrogens is 420 g/mol. The van der Waals surface area contributed by atoms with Crippen molar-refractivity contribution < 1.29 is 4.79 Å². The number of halogens is 1. The lowest BCUT2D eigenvalue weighted by Crippen LogP contribution is -2.05. The first-order valence-electron chi connectivity index (χ1n) is 11.0. The van der Waals surface area contributed by atoms with Crippen LogP contribution in [0.4, 0.5) is 0 Å². The number of carbonyl (C=O) groups excluding carboxylic acids is 1. The fourth-order valence-electron chi connectivity index (χ4n) is 3.79. The third kappa shape index (κ3) is 6.98. The van der Waals surface area contributed by atoms with Gasteiger partial charge in [0.1, 0.15) is 6.29 Å². The second kappa shape index (κ2) is 11.5. The summed E-state index contributed by atoms with van der Waals surface area (Å²) in [4.78, 5) is 12.0.